The Morgan fingerprint density at radius 2 is 2.24 bits per heavy atom. The summed E-state index contributed by atoms with van der Waals surface area (Å²) in [6, 6.07) is 2.86. The minimum Gasteiger partial charge on any atom is -0.277 e. The molecule has 2 rings (SSSR count). The molecule has 1 N–H and O–H groups in total. The van der Waals surface area contributed by atoms with E-state index in [1.807, 2.05) is 24.4 Å². The van der Waals surface area contributed by atoms with Crippen molar-refractivity contribution >= 4 is 29.2 Å². The summed E-state index contributed by atoms with van der Waals surface area (Å²) in [5, 5.41) is 4.07. The second kappa shape index (κ2) is 4.67. The van der Waals surface area contributed by atoms with Gasteiger partial charge in [0, 0.05) is 4.88 Å². The first-order valence-corrected chi connectivity index (χ1v) is 6.20. The van der Waals surface area contributed by atoms with E-state index in [1.165, 1.54) is 11.3 Å². The predicted molar refractivity (Wildman–Crippen MR) is 62.4 cm³/mol. The van der Waals surface area contributed by atoms with Crippen LogP contribution in [0, 0.1) is 0 Å². The summed E-state index contributed by atoms with van der Waals surface area (Å²) in [6.45, 7) is 1.90. The zero-order valence-electron chi connectivity index (χ0n) is 9.30. The number of hydrogen-bond donors (Lipinski definition) is 1. The maximum absolute atomic E-state index is 11.8. The van der Waals surface area contributed by atoms with E-state index >= 15 is 0 Å². The van der Waals surface area contributed by atoms with Gasteiger partial charge in [0.15, 0.2) is 0 Å². The molecule has 17 heavy (non-hydrogen) atoms. The monoisotopic (exact) mass is 252 g/mol. The van der Waals surface area contributed by atoms with Crippen molar-refractivity contribution in [3.05, 3.63) is 22.4 Å². The molecule has 1 unspecified atom stereocenters. The molecule has 5 nitrogen and oxygen atoms in total. The van der Waals surface area contributed by atoms with Gasteiger partial charge in [0.25, 0.3) is 0 Å². The fourth-order valence-corrected chi connectivity index (χ4v) is 2.77. The Morgan fingerprint density at radius 1 is 1.47 bits per heavy atom. The number of urea groups is 1. The SMILES string of the molecule is CCC(c1cccs1)N1C(=O)CC(=O)NC1=O. The molecule has 0 bridgehead atoms. The zero-order chi connectivity index (χ0) is 12.4. The molecule has 1 atom stereocenters. The van der Waals surface area contributed by atoms with E-state index in [2.05, 4.69) is 5.32 Å². The van der Waals surface area contributed by atoms with Gasteiger partial charge in [-0.25, -0.2) is 4.79 Å². The highest BCUT2D eigenvalue weighted by molar-refractivity contribution is 7.10. The molecule has 0 saturated carbocycles. The van der Waals surface area contributed by atoms with E-state index in [4.69, 9.17) is 0 Å². The van der Waals surface area contributed by atoms with Gasteiger partial charge in [-0.05, 0) is 17.9 Å². The van der Waals surface area contributed by atoms with Crippen molar-refractivity contribution in [2.24, 2.45) is 0 Å². The van der Waals surface area contributed by atoms with E-state index in [9.17, 15) is 14.4 Å². The molecule has 1 aromatic heterocycles. The van der Waals surface area contributed by atoms with Crippen LogP contribution in [0.15, 0.2) is 17.5 Å². The smallest absolute Gasteiger partial charge is 0.277 e. The Bertz CT molecular complexity index is 435. The van der Waals surface area contributed by atoms with E-state index in [-0.39, 0.29) is 12.5 Å². The number of rotatable bonds is 3. The molecular weight excluding hydrogens is 240 g/mol. The second-order valence-electron chi connectivity index (χ2n) is 3.73. The summed E-state index contributed by atoms with van der Waals surface area (Å²) < 4.78 is 0. The van der Waals surface area contributed by atoms with E-state index < -0.39 is 17.8 Å². The van der Waals surface area contributed by atoms with Crippen LogP contribution in [0.25, 0.3) is 0 Å². The summed E-state index contributed by atoms with van der Waals surface area (Å²) >= 11 is 1.50. The molecule has 1 saturated heterocycles. The molecule has 0 aromatic carbocycles. The Balaban J connectivity index is 2.28. The van der Waals surface area contributed by atoms with Crippen molar-refractivity contribution in [2.45, 2.75) is 25.8 Å². The van der Waals surface area contributed by atoms with Gasteiger partial charge >= 0.3 is 6.03 Å². The van der Waals surface area contributed by atoms with Gasteiger partial charge in [-0.15, -0.1) is 11.3 Å². The number of nitrogens with one attached hydrogen (secondary N) is 1. The Labute approximate surface area is 102 Å². The summed E-state index contributed by atoms with van der Waals surface area (Å²) in [4.78, 5) is 36.6. The van der Waals surface area contributed by atoms with Crippen molar-refractivity contribution in [1.29, 1.82) is 0 Å². The van der Waals surface area contributed by atoms with Crippen LogP contribution in [0.4, 0.5) is 4.79 Å². The Hall–Kier alpha value is -1.69. The summed E-state index contributed by atoms with van der Waals surface area (Å²) in [7, 11) is 0. The minimum atomic E-state index is -0.619. The fraction of sp³-hybridized carbons (Fsp3) is 0.364. The van der Waals surface area contributed by atoms with Gasteiger partial charge in [-0.2, -0.15) is 0 Å². The molecule has 90 valence electrons. The molecule has 0 radical (unpaired) electrons. The lowest BCUT2D eigenvalue weighted by atomic mass is 10.1. The zero-order valence-corrected chi connectivity index (χ0v) is 10.1. The molecular formula is C11H12N2O3S. The summed E-state index contributed by atoms with van der Waals surface area (Å²) in [5.41, 5.74) is 0. The van der Waals surface area contributed by atoms with Crippen molar-refractivity contribution in [2.75, 3.05) is 0 Å². The number of hydrogen-bond acceptors (Lipinski definition) is 4. The van der Waals surface area contributed by atoms with Crippen LogP contribution in [0.5, 0.6) is 0 Å². The quantitative estimate of drug-likeness (QED) is 0.832. The number of carbonyl (C=O) groups excluding carboxylic acids is 3. The van der Waals surface area contributed by atoms with Crippen LogP contribution >= 0.6 is 11.3 Å². The third kappa shape index (κ3) is 2.21. The minimum absolute atomic E-state index is 0.256. The lowest BCUT2D eigenvalue weighted by Crippen LogP contribution is -2.53. The highest BCUT2D eigenvalue weighted by atomic mass is 32.1. The normalized spacial score (nSPS) is 18.2. The molecule has 4 amide bonds. The predicted octanol–water partition coefficient (Wildman–Crippen LogP) is 1.67. The highest BCUT2D eigenvalue weighted by Crippen LogP contribution is 2.29. The fourth-order valence-electron chi connectivity index (χ4n) is 1.87. The molecule has 1 aromatic rings. The van der Waals surface area contributed by atoms with Crippen LogP contribution < -0.4 is 5.32 Å². The van der Waals surface area contributed by atoms with E-state index in [0.717, 1.165) is 9.78 Å². The number of barbiturate groups is 1. The van der Waals surface area contributed by atoms with Gasteiger partial charge in [-0.1, -0.05) is 13.0 Å². The summed E-state index contributed by atoms with van der Waals surface area (Å²) in [6.07, 6.45) is 0.376. The Morgan fingerprint density at radius 3 is 2.76 bits per heavy atom. The number of nitrogens with zero attached hydrogens (tertiary/aromatic N) is 1. The lowest BCUT2D eigenvalue weighted by Gasteiger charge is -2.31. The molecule has 2 heterocycles. The van der Waals surface area contributed by atoms with Crippen molar-refractivity contribution in [1.82, 2.24) is 10.2 Å². The molecule has 0 aliphatic carbocycles. The maximum Gasteiger partial charge on any atom is 0.331 e. The number of imide groups is 2. The average molecular weight is 252 g/mol. The number of thiophene rings is 1. The molecule has 1 aliphatic heterocycles. The van der Waals surface area contributed by atoms with Crippen molar-refractivity contribution in [3.63, 3.8) is 0 Å². The topological polar surface area (TPSA) is 66.5 Å². The third-order valence-electron chi connectivity index (χ3n) is 2.62. The number of carbonyl (C=O) groups is 3. The first kappa shape index (κ1) is 11.8. The maximum atomic E-state index is 11.8. The van der Waals surface area contributed by atoms with Gasteiger partial charge in [-0.3, -0.25) is 19.8 Å². The van der Waals surface area contributed by atoms with Gasteiger partial charge in [0.2, 0.25) is 11.8 Å². The van der Waals surface area contributed by atoms with Crippen LogP contribution in [-0.2, 0) is 9.59 Å². The third-order valence-corrected chi connectivity index (χ3v) is 3.59. The van der Waals surface area contributed by atoms with Crippen molar-refractivity contribution in [3.8, 4) is 0 Å². The first-order chi connectivity index (χ1) is 8.13. The van der Waals surface area contributed by atoms with E-state index in [0.29, 0.717) is 6.42 Å². The largest absolute Gasteiger partial charge is 0.331 e. The van der Waals surface area contributed by atoms with Crippen LogP contribution in [0.2, 0.25) is 0 Å². The van der Waals surface area contributed by atoms with E-state index in [1.54, 1.807) is 0 Å². The second-order valence-corrected chi connectivity index (χ2v) is 4.71. The van der Waals surface area contributed by atoms with Crippen LogP contribution in [-0.4, -0.2) is 22.7 Å². The average Bonchev–Trinajstić information content (AvgIpc) is 2.76. The Kier molecular flexibility index (Phi) is 3.23. The molecule has 6 heteroatoms. The van der Waals surface area contributed by atoms with Gasteiger partial charge in [0.05, 0.1) is 6.04 Å². The van der Waals surface area contributed by atoms with Crippen molar-refractivity contribution < 1.29 is 14.4 Å². The van der Waals surface area contributed by atoms with Gasteiger partial charge in [0.1, 0.15) is 6.42 Å². The first-order valence-electron chi connectivity index (χ1n) is 5.32. The standard InChI is InChI=1S/C11H12N2O3S/c1-2-7(8-4-3-5-17-8)13-10(15)6-9(14)12-11(13)16/h3-5,7H,2,6H2,1H3,(H,12,14,16). The lowest BCUT2D eigenvalue weighted by molar-refractivity contribution is -0.137. The van der Waals surface area contributed by atoms with Crippen LogP contribution in [0.3, 0.4) is 0 Å². The highest BCUT2D eigenvalue weighted by Gasteiger charge is 2.36. The summed E-state index contributed by atoms with van der Waals surface area (Å²) in [5.74, 6) is -0.962. The molecule has 1 aliphatic rings. The molecule has 1 fully saturated rings. The van der Waals surface area contributed by atoms with Crippen LogP contribution in [0.1, 0.15) is 30.7 Å². The van der Waals surface area contributed by atoms with Gasteiger partial charge < -0.3 is 0 Å². The number of amides is 4. The molecule has 0 spiro atoms.